The average Bonchev–Trinajstić information content (AvgIpc) is 3.36. The number of methoxy groups -OCH3 is 1. The molecule has 7 nitrogen and oxygen atoms in total. The molecule has 156 valence electrons. The third-order valence-corrected chi connectivity index (χ3v) is 6.01. The monoisotopic (exact) mass is 419 g/mol. The van der Waals surface area contributed by atoms with Crippen LogP contribution < -0.4 is 5.32 Å². The highest BCUT2D eigenvalue weighted by molar-refractivity contribution is 6.30. The van der Waals surface area contributed by atoms with Crippen LogP contribution in [0.5, 0.6) is 0 Å². The zero-order valence-electron chi connectivity index (χ0n) is 16.6. The lowest BCUT2D eigenvalue weighted by molar-refractivity contribution is -0.0387. The zero-order valence-corrected chi connectivity index (χ0v) is 17.3. The van der Waals surface area contributed by atoms with Crippen LogP contribution in [0.15, 0.2) is 28.8 Å². The number of rotatable bonds is 6. The molecule has 2 saturated heterocycles. The Morgan fingerprint density at radius 1 is 1.28 bits per heavy atom. The molecule has 0 saturated carbocycles. The van der Waals surface area contributed by atoms with Crippen LogP contribution in [0.1, 0.15) is 36.0 Å². The third kappa shape index (κ3) is 4.27. The molecule has 1 aromatic heterocycles. The van der Waals surface area contributed by atoms with E-state index in [1.807, 2.05) is 17.0 Å². The SMILES string of the molecule is COCCNc1noc(-c2ccc(Cl)cc2)c1C(=O)N1CCC2(CCCO2)CC1. The number of piperidine rings is 1. The van der Waals surface area contributed by atoms with Crippen LogP contribution in [0.2, 0.25) is 5.02 Å². The number of likely N-dealkylation sites (tertiary alicyclic amines) is 1. The van der Waals surface area contributed by atoms with Gasteiger partial charge < -0.3 is 24.2 Å². The number of nitrogens with zero attached hydrogens (tertiary/aromatic N) is 2. The van der Waals surface area contributed by atoms with E-state index in [1.165, 1.54) is 0 Å². The summed E-state index contributed by atoms with van der Waals surface area (Å²) < 4.78 is 16.7. The molecule has 0 aliphatic carbocycles. The van der Waals surface area contributed by atoms with Crippen molar-refractivity contribution in [3.8, 4) is 11.3 Å². The van der Waals surface area contributed by atoms with Crippen LogP contribution in [-0.4, -0.2) is 61.5 Å². The maximum atomic E-state index is 13.5. The summed E-state index contributed by atoms with van der Waals surface area (Å²) in [6, 6.07) is 7.20. The van der Waals surface area contributed by atoms with Gasteiger partial charge in [-0.1, -0.05) is 16.8 Å². The average molecular weight is 420 g/mol. The van der Waals surface area contributed by atoms with Crippen LogP contribution in [0.25, 0.3) is 11.3 Å². The number of hydrogen-bond donors (Lipinski definition) is 1. The van der Waals surface area contributed by atoms with E-state index in [-0.39, 0.29) is 11.5 Å². The van der Waals surface area contributed by atoms with Crippen molar-refractivity contribution in [1.29, 1.82) is 0 Å². The molecule has 2 aliphatic heterocycles. The topological polar surface area (TPSA) is 76.8 Å². The Morgan fingerprint density at radius 2 is 2.03 bits per heavy atom. The molecule has 2 aliphatic rings. The molecule has 1 N–H and O–H groups in total. The number of halogens is 1. The first-order chi connectivity index (χ1) is 14.1. The van der Waals surface area contributed by atoms with Gasteiger partial charge in [0, 0.05) is 43.9 Å². The van der Waals surface area contributed by atoms with Gasteiger partial charge in [-0.15, -0.1) is 0 Å². The van der Waals surface area contributed by atoms with Gasteiger partial charge in [0.2, 0.25) is 0 Å². The predicted octanol–water partition coefficient (Wildman–Crippen LogP) is 3.84. The summed E-state index contributed by atoms with van der Waals surface area (Å²) in [6.45, 7) is 3.19. The number of carbonyl (C=O) groups is 1. The second-order valence-electron chi connectivity index (χ2n) is 7.59. The largest absolute Gasteiger partial charge is 0.383 e. The van der Waals surface area contributed by atoms with Crippen molar-refractivity contribution in [1.82, 2.24) is 10.1 Å². The summed E-state index contributed by atoms with van der Waals surface area (Å²) in [7, 11) is 1.63. The van der Waals surface area contributed by atoms with Crippen molar-refractivity contribution in [2.24, 2.45) is 0 Å². The van der Waals surface area contributed by atoms with Crippen LogP contribution in [0, 0.1) is 0 Å². The smallest absolute Gasteiger partial charge is 0.261 e. The Balaban J connectivity index is 1.58. The lowest BCUT2D eigenvalue weighted by atomic mass is 9.88. The van der Waals surface area contributed by atoms with Gasteiger partial charge in [-0.3, -0.25) is 4.79 Å². The van der Waals surface area contributed by atoms with E-state index in [4.69, 9.17) is 25.6 Å². The van der Waals surface area contributed by atoms with Gasteiger partial charge in [0.15, 0.2) is 11.6 Å². The fraction of sp³-hybridized carbons (Fsp3) is 0.524. The second kappa shape index (κ2) is 8.73. The second-order valence-corrected chi connectivity index (χ2v) is 8.03. The fourth-order valence-electron chi connectivity index (χ4n) is 4.10. The highest BCUT2D eigenvalue weighted by Crippen LogP contribution is 2.37. The van der Waals surface area contributed by atoms with Gasteiger partial charge in [0.05, 0.1) is 12.2 Å². The number of nitrogens with one attached hydrogen (secondary N) is 1. The van der Waals surface area contributed by atoms with Crippen molar-refractivity contribution >= 4 is 23.3 Å². The predicted molar refractivity (Wildman–Crippen MR) is 110 cm³/mol. The fourth-order valence-corrected chi connectivity index (χ4v) is 4.23. The minimum absolute atomic E-state index is 0.0377. The lowest BCUT2D eigenvalue weighted by Gasteiger charge is -2.38. The number of carbonyl (C=O) groups excluding carboxylic acids is 1. The number of ether oxygens (including phenoxy) is 2. The molecule has 1 aromatic carbocycles. The summed E-state index contributed by atoms with van der Waals surface area (Å²) >= 11 is 6.01. The number of benzene rings is 1. The molecule has 0 atom stereocenters. The molecular formula is C21H26ClN3O4. The Hall–Kier alpha value is -2.09. The third-order valence-electron chi connectivity index (χ3n) is 5.76. The molecule has 4 rings (SSSR count). The van der Waals surface area contributed by atoms with Gasteiger partial charge >= 0.3 is 0 Å². The number of aromatic nitrogens is 1. The molecule has 2 fully saturated rings. The summed E-state index contributed by atoms with van der Waals surface area (Å²) in [5.74, 6) is 0.808. The van der Waals surface area contributed by atoms with E-state index in [0.29, 0.717) is 48.4 Å². The van der Waals surface area contributed by atoms with Crippen molar-refractivity contribution in [3.05, 3.63) is 34.9 Å². The van der Waals surface area contributed by atoms with Gasteiger partial charge in [-0.2, -0.15) is 0 Å². The maximum absolute atomic E-state index is 13.5. The van der Waals surface area contributed by atoms with E-state index in [0.717, 1.165) is 37.9 Å². The maximum Gasteiger partial charge on any atom is 0.261 e. The van der Waals surface area contributed by atoms with Gasteiger partial charge in [-0.25, -0.2) is 0 Å². The van der Waals surface area contributed by atoms with E-state index >= 15 is 0 Å². The van der Waals surface area contributed by atoms with Crippen molar-refractivity contribution in [3.63, 3.8) is 0 Å². The van der Waals surface area contributed by atoms with E-state index in [2.05, 4.69) is 10.5 Å². The first kappa shape index (κ1) is 20.2. The quantitative estimate of drug-likeness (QED) is 0.717. The summed E-state index contributed by atoms with van der Waals surface area (Å²) in [6.07, 6.45) is 3.93. The molecule has 1 amide bonds. The van der Waals surface area contributed by atoms with Crippen LogP contribution in [0.4, 0.5) is 5.82 Å². The van der Waals surface area contributed by atoms with Crippen LogP contribution in [-0.2, 0) is 9.47 Å². The van der Waals surface area contributed by atoms with Crippen LogP contribution in [0.3, 0.4) is 0 Å². The Kier molecular flexibility index (Phi) is 6.08. The molecular weight excluding hydrogens is 394 g/mol. The van der Waals surface area contributed by atoms with Crippen molar-refractivity contribution in [2.45, 2.75) is 31.3 Å². The Morgan fingerprint density at radius 3 is 2.69 bits per heavy atom. The van der Waals surface area contributed by atoms with Gasteiger partial charge in [-0.05, 0) is 49.9 Å². The van der Waals surface area contributed by atoms with E-state index in [1.54, 1.807) is 19.2 Å². The number of anilines is 1. The first-order valence-electron chi connectivity index (χ1n) is 10.0. The summed E-state index contributed by atoms with van der Waals surface area (Å²) in [4.78, 5) is 15.3. The normalized spacial score (nSPS) is 18.3. The molecule has 8 heteroatoms. The Labute approximate surface area is 175 Å². The standard InChI is InChI=1S/C21H26ClN3O4/c1-27-14-10-23-19-17(18(29-24-19)15-3-5-16(22)6-4-15)20(26)25-11-8-21(9-12-25)7-2-13-28-21/h3-6H,2,7-14H2,1H3,(H,23,24). The molecule has 29 heavy (non-hydrogen) atoms. The van der Waals surface area contributed by atoms with Gasteiger partial charge in [0.25, 0.3) is 5.91 Å². The van der Waals surface area contributed by atoms with Crippen LogP contribution >= 0.6 is 11.6 Å². The molecule has 0 radical (unpaired) electrons. The van der Waals surface area contributed by atoms with Crippen molar-refractivity contribution in [2.75, 3.05) is 45.3 Å². The number of hydrogen-bond acceptors (Lipinski definition) is 6. The first-order valence-corrected chi connectivity index (χ1v) is 10.4. The zero-order chi connectivity index (χ0) is 20.3. The highest BCUT2D eigenvalue weighted by Gasteiger charge is 2.40. The molecule has 0 unspecified atom stereocenters. The molecule has 0 bridgehead atoms. The van der Waals surface area contributed by atoms with Crippen molar-refractivity contribution < 1.29 is 18.8 Å². The highest BCUT2D eigenvalue weighted by atomic mass is 35.5. The minimum atomic E-state index is -0.0797. The molecule has 2 aromatic rings. The molecule has 3 heterocycles. The van der Waals surface area contributed by atoms with E-state index < -0.39 is 0 Å². The van der Waals surface area contributed by atoms with Gasteiger partial charge in [0.1, 0.15) is 5.56 Å². The van der Waals surface area contributed by atoms with E-state index in [9.17, 15) is 4.79 Å². The molecule has 1 spiro atoms. The lowest BCUT2D eigenvalue weighted by Crippen LogP contribution is -2.46. The number of amides is 1. The Bertz CT molecular complexity index is 836. The summed E-state index contributed by atoms with van der Waals surface area (Å²) in [5.41, 5.74) is 1.17. The minimum Gasteiger partial charge on any atom is -0.383 e. The summed E-state index contributed by atoms with van der Waals surface area (Å²) in [5, 5.41) is 7.91.